The molecule has 0 amide bonds. The molecule has 0 unspecified atom stereocenters. The summed E-state index contributed by atoms with van der Waals surface area (Å²) in [4.78, 5) is 12.4. The Morgan fingerprint density at radius 1 is 1.04 bits per heavy atom. The van der Waals surface area contributed by atoms with Gasteiger partial charge < -0.3 is 4.42 Å². The summed E-state index contributed by atoms with van der Waals surface area (Å²) in [7, 11) is 0. The molecule has 0 N–H and O–H groups in total. The summed E-state index contributed by atoms with van der Waals surface area (Å²) in [5, 5.41) is 9.29. The maximum absolute atomic E-state index is 12.4. The Morgan fingerprint density at radius 3 is 2.54 bits per heavy atom. The maximum atomic E-state index is 12.4. The lowest BCUT2D eigenvalue weighted by Crippen LogP contribution is -2.01. The average Bonchev–Trinajstić information content (AvgIpc) is 3.08. The molecule has 1 heterocycles. The zero-order valence-electron chi connectivity index (χ0n) is 12.6. The van der Waals surface area contributed by atoms with Crippen molar-refractivity contribution >= 4 is 27.8 Å². The van der Waals surface area contributed by atoms with Gasteiger partial charge in [-0.05, 0) is 24.3 Å². The van der Waals surface area contributed by atoms with Crippen LogP contribution in [0.3, 0.4) is 0 Å². The summed E-state index contributed by atoms with van der Waals surface area (Å²) in [6, 6.07) is 21.9. The minimum absolute atomic E-state index is 0.0383. The average molecular weight is 378 g/mol. The quantitative estimate of drug-likeness (QED) is 0.342. The van der Waals surface area contributed by atoms with E-state index in [1.165, 1.54) is 6.08 Å². The molecule has 0 fully saturated rings. The number of carbonyl (C=O) groups is 1. The van der Waals surface area contributed by atoms with E-state index in [4.69, 9.17) is 4.42 Å². The van der Waals surface area contributed by atoms with Crippen LogP contribution in [0, 0.1) is 11.3 Å². The van der Waals surface area contributed by atoms with Crippen LogP contribution in [-0.2, 0) is 0 Å². The van der Waals surface area contributed by atoms with Gasteiger partial charge in [-0.25, -0.2) is 0 Å². The topological polar surface area (TPSA) is 54.0 Å². The second kappa shape index (κ2) is 7.12. The summed E-state index contributed by atoms with van der Waals surface area (Å²) in [5.41, 5.74) is 1.43. The zero-order valence-corrected chi connectivity index (χ0v) is 14.2. The standard InChI is InChI=1S/C20H12BrNO2/c21-17-8-4-7-15(11-17)19-10-9-18(24-19)12-16(13-22)20(23)14-5-2-1-3-6-14/h1-12H. The van der Waals surface area contributed by atoms with Crippen molar-refractivity contribution in [3.8, 4) is 17.4 Å². The number of benzene rings is 2. The molecule has 3 aromatic rings. The van der Waals surface area contributed by atoms with Gasteiger partial charge in [-0.3, -0.25) is 4.79 Å². The molecule has 0 atom stereocenters. The molecule has 0 aliphatic rings. The minimum Gasteiger partial charge on any atom is -0.457 e. The fourth-order valence-corrected chi connectivity index (χ4v) is 2.66. The third-order valence-corrected chi connectivity index (χ3v) is 3.92. The summed E-state index contributed by atoms with van der Waals surface area (Å²) >= 11 is 3.42. The molecule has 4 heteroatoms. The third kappa shape index (κ3) is 3.53. The molecule has 2 aromatic carbocycles. The van der Waals surface area contributed by atoms with Crippen LogP contribution in [0.15, 0.2) is 81.2 Å². The Bertz CT molecular complexity index is 949. The molecule has 0 aliphatic heterocycles. The molecule has 0 bridgehead atoms. The molecular weight excluding hydrogens is 366 g/mol. The number of Topliss-reactive ketones (excluding diaryl/α,β-unsaturated/α-hetero) is 1. The summed E-state index contributed by atoms with van der Waals surface area (Å²) < 4.78 is 6.69. The lowest BCUT2D eigenvalue weighted by Gasteiger charge is -1.99. The van der Waals surface area contributed by atoms with E-state index in [9.17, 15) is 10.1 Å². The van der Waals surface area contributed by atoms with Crippen molar-refractivity contribution in [3.63, 3.8) is 0 Å². The molecular formula is C20H12BrNO2. The largest absolute Gasteiger partial charge is 0.457 e. The number of nitriles is 1. The summed E-state index contributed by atoms with van der Waals surface area (Å²) in [6.45, 7) is 0. The van der Waals surface area contributed by atoms with E-state index in [1.807, 2.05) is 42.5 Å². The Hall–Kier alpha value is -2.90. The number of hydrogen-bond donors (Lipinski definition) is 0. The monoisotopic (exact) mass is 377 g/mol. The SMILES string of the molecule is N#CC(=Cc1ccc(-c2cccc(Br)c2)o1)C(=O)c1ccccc1. The van der Waals surface area contributed by atoms with Gasteiger partial charge in [0.05, 0.1) is 0 Å². The number of allylic oxidation sites excluding steroid dienone is 1. The Kier molecular flexibility index (Phi) is 4.74. The van der Waals surface area contributed by atoms with Gasteiger partial charge in [0.1, 0.15) is 23.2 Å². The van der Waals surface area contributed by atoms with Crippen LogP contribution in [0.1, 0.15) is 16.1 Å². The molecule has 3 rings (SSSR count). The second-order valence-electron chi connectivity index (χ2n) is 5.08. The number of carbonyl (C=O) groups excluding carboxylic acids is 1. The van der Waals surface area contributed by atoms with E-state index >= 15 is 0 Å². The van der Waals surface area contributed by atoms with Crippen LogP contribution >= 0.6 is 15.9 Å². The van der Waals surface area contributed by atoms with Gasteiger partial charge in [-0.1, -0.05) is 58.4 Å². The maximum Gasteiger partial charge on any atom is 0.203 e. The number of hydrogen-bond acceptors (Lipinski definition) is 3. The molecule has 0 saturated heterocycles. The fourth-order valence-electron chi connectivity index (χ4n) is 2.26. The van der Waals surface area contributed by atoms with Gasteiger partial charge in [0.25, 0.3) is 0 Å². The number of furan rings is 1. The van der Waals surface area contributed by atoms with Crippen molar-refractivity contribution < 1.29 is 9.21 Å². The van der Waals surface area contributed by atoms with E-state index in [-0.39, 0.29) is 11.4 Å². The van der Waals surface area contributed by atoms with Crippen LogP contribution in [0.5, 0.6) is 0 Å². The van der Waals surface area contributed by atoms with Crippen molar-refractivity contribution in [2.24, 2.45) is 0 Å². The highest BCUT2D eigenvalue weighted by molar-refractivity contribution is 9.10. The fraction of sp³-hybridized carbons (Fsp3) is 0. The molecule has 3 nitrogen and oxygen atoms in total. The van der Waals surface area contributed by atoms with Crippen LogP contribution in [0.4, 0.5) is 0 Å². The zero-order chi connectivity index (χ0) is 16.9. The van der Waals surface area contributed by atoms with Crippen molar-refractivity contribution in [1.82, 2.24) is 0 Å². The predicted octanol–water partition coefficient (Wildman–Crippen LogP) is 5.50. The molecule has 0 spiro atoms. The first-order chi connectivity index (χ1) is 11.7. The van der Waals surface area contributed by atoms with Crippen molar-refractivity contribution in [2.75, 3.05) is 0 Å². The van der Waals surface area contributed by atoms with E-state index in [0.717, 1.165) is 10.0 Å². The Morgan fingerprint density at radius 2 is 1.83 bits per heavy atom. The van der Waals surface area contributed by atoms with Gasteiger partial charge in [0, 0.05) is 21.7 Å². The molecule has 0 aliphatic carbocycles. The lowest BCUT2D eigenvalue weighted by molar-refractivity contribution is 0.104. The Labute approximate surface area is 148 Å². The molecule has 24 heavy (non-hydrogen) atoms. The van der Waals surface area contributed by atoms with Crippen LogP contribution in [-0.4, -0.2) is 5.78 Å². The lowest BCUT2D eigenvalue weighted by atomic mass is 10.0. The van der Waals surface area contributed by atoms with E-state index in [0.29, 0.717) is 17.1 Å². The first-order valence-electron chi connectivity index (χ1n) is 7.25. The van der Waals surface area contributed by atoms with Crippen LogP contribution in [0.25, 0.3) is 17.4 Å². The second-order valence-corrected chi connectivity index (χ2v) is 5.99. The van der Waals surface area contributed by atoms with Gasteiger partial charge in [0.2, 0.25) is 5.78 Å². The molecule has 116 valence electrons. The number of ketones is 1. The third-order valence-electron chi connectivity index (χ3n) is 3.42. The number of halogens is 1. The Balaban J connectivity index is 1.90. The number of rotatable bonds is 4. The number of nitrogens with zero attached hydrogens (tertiary/aromatic N) is 1. The van der Waals surface area contributed by atoms with Crippen molar-refractivity contribution in [3.05, 3.63) is 88.1 Å². The van der Waals surface area contributed by atoms with E-state index < -0.39 is 0 Å². The molecule has 0 saturated carbocycles. The summed E-state index contributed by atoms with van der Waals surface area (Å²) in [5.74, 6) is 0.816. The highest BCUT2D eigenvalue weighted by atomic mass is 79.9. The normalized spacial score (nSPS) is 11.1. The minimum atomic E-state index is -0.321. The smallest absolute Gasteiger partial charge is 0.203 e. The van der Waals surface area contributed by atoms with Crippen molar-refractivity contribution in [2.45, 2.75) is 0 Å². The van der Waals surface area contributed by atoms with Gasteiger partial charge in [-0.15, -0.1) is 0 Å². The van der Waals surface area contributed by atoms with Crippen LogP contribution < -0.4 is 0 Å². The highest BCUT2D eigenvalue weighted by Crippen LogP contribution is 2.26. The van der Waals surface area contributed by atoms with Crippen molar-refractivity contribution in [1.29, 1.82) is 5.26 Å². The highest BCUT2D eigenvalue weighted by Gasteiger charge is 2.13. The van der Waals surface area contributed by atoms with E-state index in [1.54, 1.807) is 30.3 Å². The van der Waals surface area contributed by atoms with E-state index in [2.05, 4.69) is 15.9 Å². The predicted molar refractivity (Wildman–Crippen MR) is 96.2 cm³/mol. The van der Waals surface area contributed by atoms with Crippen LogP contribution in [0.2, 0.25) is 0 Å². The van der Waals surface area contributed by atoms with Gasteiger partial charge in [0.15, 0.2) is 0 Å². The first-order valence-corrected chi connectivity index (χ1v) is 8.04. The first kappa shape index (κ1) is 16.0. The molecule has 0 radical (unpaired) electrons. The van der Waals surface area contributed by atoms with Gasteiger partial charge in [-0.2, -0.15) is 5.26 Å². The molecule has 1 aromatic heterocycles. The van der Waals surface area contributed by atoms with Gasteiger partial charge >= 0.3 is 0 Å². The summed E-state index contributed by atoms with van der Waals surface area (Å²) in [6.07, 6.45) is 1.47.